The minimum Gasteiger partial charge on any atom is -0.327 e. The number of nitrogens with one attached hydrogen (secondary N) is 3. The fraction of sp³-hybridized carbons (Fsp3) is 0.250. The number of hydrogen-bond acceptors (Lipinski definition) is 4. The molecule has 19 heavy (non-hydrogen) atoms. The maximum Gasteiger partial charge on any atom is 0.323 e. The van der Waals surface area contributed by atoms with Gasteiger partial charge in [0.15, 0.2) is 6.17 Å². The zero-order chi connectivity index (χ0) is 13.8. The number of urea groups is 1. The lowest BCUT2D eigenvalue weighted by molar-refractivity contribution is -0.128. The molecule has 1 aromatic rings. The summed E-state index contributed by atoms with van der Waals surface area (Å²) in [6.45, 7) is 0. The molecule has 2 rings (SSSR count). The van der Waals surface area contributed by atoms with Gasteiger partial charge in [-0.25, -0.2) is 4.79 Å². The van der Waals surface area contributed by atoms with Gasteiger partial charge in [0.2, 0.25) is 5.91 Å². The average Bonchev–Trinajstić information content (AvgIpc) is 2.69. The molecule has 0 radical (unpaired) electrons. The summed E-state index contributed by atoms with van der Waals surface area (Å²) >= 11 is 0. The van der Waals surface area contributed by atoms with Crippen LogP contribution in [0.25, 0.3) is 0 Å². The third-order valence-corrected chi connectivity index (χ3v) is 2.70. The third-order valence-electron chi connectivity index (χ3n) is 2.70. The Balaban J connectivity index is 1.89. The van der Waals surface area contributed by atoms with Crippen molar-refractivity contribution in [2.45, 2.75) is 18.6 Å². The molecule has 1 aromatic carbocycles. The molecule has 1 fully saturated rings. The molecule has 1 saturated heterocycles. The number of carbonyl (C=O) groups excluding carboxylic acids is 3. The van der Waals surface area contributed by atoms with Crippen molar-refractivity contribution in [2.24, 2.45) is 5.73 Å². The lowest BCUT2D eigenvalue weighted by Crippen LogP contribution is -2.52. The first-order valence-corrected chi connectivity index (χ1v) is 5.77. The lowest BCUT2D eigenvalue weighted by atomic mass is 10.1. The Labute approximate surface area is 109 Å². The summed E-state index contributed by atoms with van der Waals surface area (Å²) in [5.41, 5.74) is 6.67. The molecule has 0 bridgehead atoms. The van der Waals surface area contributed by atoms with Crippen LogP contribution in [0.2, 0.25) is 0 Å². The highest BCUT2D eigenvalue weighted by molar-refractivity contribution is 6.05. The van der Waals surface area contributed by atoms with Crippen LogP contribution in [-0.4, -0.2) is 30.1 Å². The van der Waals surface area contributed by atoms with Gasteiger partial charge in [0.25, 0.3) is 5.91 Å². The predicted octanol–water partition coefficient (Wildman–Crippen LogP) is -1.16. The van der Waals surface area contributed by atoms with E-state index < -0.39 is 30.1 Å². The van der Waals surface area contributed by atoms with Crippen LogP contribution in [-0.2, 0) is 16.0 Å². The number of nitrogens with two attached hydrogens (primary N) is 1. The van der Waals surface area contributed by atoms with Crippen molar-refractivity contribution < 1.29 is 14.4 Å². The van der Waals surface area contributed by atoms with Gasteiger partial charge in [-0.05, 0) is 12.0 Å². The normalized spacial score (nSPS) is 19.5. The van der Waals surface area contributed by atoms with Gasteiger partial charge < -0.3 is 16.4 Å². The van der Waals surface area contributed by atoms with Crippen LogP contribution < -0.4 is 21.7 Å². The summed E-state index contributed by atoms with van der Waals surface area (Å²) in [6.07, 6.45) is -0.698. The predicted molar refractivity (Wildman–Crippen MR) is 66.7 cm³/mol. The van der Waals surface area contributed by atoms with Gasteiger partial charge in [-0.1, -0.05) is 30.3 Å². The number of imide groups is 1. The zero-order valence-electron chi connectivity index (χ0n) is 10.1. The summed E-state index contributed by atoms with van der Waals surface area (Å²) in [7, 11) is 0. The topological polar surface area (TPSA) is 113 Å². The van der Waals surface area contributed by atoms with Gasteiger partial charge in [-0.3, -0.25) is 14.9 Å². The Kier molecular flexibility index (Phi) is 3.76. The van der Waals surface area contributed by atoms with Crippen molar-refractivity contribution in [1.82, 2.24) is 16.0 Å². The van der Waals surface area contributed by atoms with Crippen molar-refractivity contribution >= 4 is 17.8 Å². The molecular weight excluding hydrogens is 248 g/mol. The molecule has 1 aliphatic heterocycles. The van der Waals surface area contributed by atoms with Gasteiger partial charge in [0.1, 0.15) is 0 Å². The average molecular weight is 262 g/mol. The molecular formula is C12H14N4O3. The van der Waals surface area contributed by atoms with Crippen molar-refractivity contribution in [1.29, 1.82) is 0 Å². The highest BCUT2D eigenvalue weighted by Crippen LogP contribution is 2.02. The van der Waals surface area contributed by atoms with Crippen molar-refractivity contribution in [3.63, 3.8) is 0 Å². The second kappa shape index (κ2) is 5.49. The van der Waals surface area contributed by atoms with Crippen LogP contribution in [0.1, 0.15) is 5.56 Å². The molecule has 4 amide bonds. The van der Waals surface area contributed by atoms with E-state index in [1.807, 2.05) is 35.6 Å². The summed E-state index contributed by atoms with van der Waals surface area (Å²) in [4.78, 5) is 33.9. The summed E-state index contributed by atoms with van der Waals surface area (Å²) in [5.74, 6) is -1.09. The number of benzene rings is 1. The van der Waals surface area contributed by atoms with Gasteiger partial charge >= 0.3 is 6.03 Å². The van der Waals surface area contributed by atoms with Crippen molar-refractivity contribution in [2.75, 3.05) is 0 Å². The van der Waals surface area contributed by atoms with E-state index in [1.54, 1.807) is 0 Å². The van der Waals surface area contributed by atoms with Crippen molar-refractivity contribution in [3.8, 4) is 0 Å². The van der Waals surface area contributed by atoms with E-state index in [0.717, 1.165) is 5.56 Å². The molecule has 1 aliphatic rings. The van der Waals surface area contributed by atoms with Gasteiger partial charge in [-0.15, -0.1) is 0 Å². The minimum atomic E-state index is -1.05. The highest BCUT2D eigenvalue weighted by Gasteiger charge is 2.31. The summed E-state index contributed by atoms with van der Waals surface area (Å²) in [5, 5.41) is 6.65. The molecule has 5 N–H and O–H groups in total. The molecule has 1 unspecified atom stereocenters. The first-order chi connectivity index (χ1) is 9.06. The molecule has 0 aliphatic carbocycles. The van der Waals surface area contributed by atoms with Crippen LogP contribution in [0.3, 0.4) is 0 Å². The summed E-state index contributed by atoms with van der Waals surface area (Å²) < 4.78 is 0. The largest absolute Gasteiger partial charge is 0.327 e. The van der Waals surface area contributed by atoms with Crippen LogP contribution in [0.4, 0.5) is 4.79 Å². The molecule has 2 atom stereocenters. The second-order valence-corrected chi connectivity index (χ2v) is 4.20. The molecule has 0 aromatic heterocycles. The molecule has 7 nitrogen and oxygen atoms in total. The monoisotopic (exact) mass is 262 g/mol. The smallest absolute Gasteiger partial charge is 0.323 e. The first kappa shape index (κ1) is 13.0. The molecule has 0 saturated carbocycles. The molecule has 7 heteroatoms. The molecule has 1 heterocycles. The zero-order valence-corrected chi connectivity index (χ0v) is 10.1. The SMILES string of the molecule is N[C@@H](Cc1ccccc1)C(=O)NC1NC(=O)NC1=O. The van der Waals surface area contributed by atoms with Crippen LogP contribution in [0, 0.1) is 0 Å². The molecule has 0 spiro atoms. The van der Waals surface area contributed by atoms with Crippen LogP contribution >= 0.6 is 0 Å². The fourth-order valence-corrected chi connectivity index (χ4v) is 1.73. The first-order valence-electron chi connectivity index (χ1n) is 5.77. The van der Waals surface area contributed by atoms with E-state index >= 15 is 0 Å². The summed E-state index contributed by atoms with van der Waals surface area (Å²) in [6, 6.07) is 7.87. The van der Waals surface area contributed by atoms with E-state index in [0.29, 0.717) is 6.42 Å². The van der Waals surface area contributed by atoms with Crippen molar-refractivity contribution in [3.05, 3.63) is 35.9 Å². The number of amides is 4. The Bertz CT molecular complexity index is 503. The van der Waals surface area contributed by atoms with E-state index in [2.05, 4.69) is 10.6 Å². The van der Waals surface area contributed by atoms with Gasteiger partial charge in [0, 0.05) is 0 Å². The second-order valence-electron chi connectivity index (χ2n) is 4.20. The Morgan fingerprint density at radius 2 is 2.00 bits per heavy atom. The number of rotatable bonds is 4. The molecule has 100 valence electrons. The lowest BCUT2D eigenvalue weighted by Gasteiger charge is -2.15. The standard InChI is InChI=1S/C12H14N4O3/c13-8(6-7-4-2-1-3-5-7)10(17)14-9-11(18)16-12(19)15-9/h1-5,8-9H,6,13H2,(H,14,17)(H2,15,16,18,19)/t8-,9?/m0/s1. The van der Waals surface area contributed by atoms with E-state index in [-0.39, 0.29) is 0 Å². The Hall–Kier alpha value is -2.41. The highest BCUT2D eigenvalue weighted by atomic mass is 16.2. The van der Waals surface area contributed by atoms with Gasteiger partial charge in [-0.2, -0.15) is 0 Å². The maximum atomic E-state index is 11.8. The quantitative estimate of drug-likeness (QED) is 0.512. The van der Waals surface area contributed by atoms with Gasteiger partial charge in [0.05, 0.1) is 6.04 Å². The minimum absolute atomic E-state index is 0.356. The Morgan fingerprint density at radius 1 is 1.32 bits per heavy atom. The van der Waals surface area contributed by atoms with Crippen LogP contribution in [0.5, 0.6) is 0 Å². The fourth-order valence-electron chi connectivity index (χ4n) is 1.73. The van der Waals surface area contributed by atoms with E-state index in [9.17, 15) is 14.4 Å². The van der Waals surface area contributed by atoms with E-state index in [1.165, 1.54) is 0 Å². The third kappa shape index (κ3) is 3.29. The van der Waals surface area contributed by atoms with Crippen LogP contribution in [0.15, 0.2) is 30.3 Å². The number of carbonyl (C=O) groups is 3. The van der Waals surface area contributed by atoms with E-state index in [4.69, 9.17) is 5.73 Å². The number of hydrogen-bond donors (Lipinski definition) is 4. The maximum absolute atomic E-state index is 11.8. The Morgan fingerprint density at radius 3 is 2.58 bits per heavy atom.